The molecule has 0 aromatic rings. The third-order valence-corrected chi connectivity index (χ3v) is 5.45. The summed E-state index contributed by atoms with van der Waals surface area (Å²) >= 11 is 30.9. The minimum absolute atomic E-state index is 0.668. The molecule has 0 saturated carbocycles. The number of alkyl halides is 10. The number of hydrogen-bond acceptors (Lipinski definition) is 3. The zero-order chi connectivity index (χ0) is 16.9. The van der Waals surface area contributed by atoms with Gasteiger partial charge in [-0.3, -0.25) is 0 Å². The summed E-state index contributed by atoms with van der Waals surface area (Å²) in [6, 6.07) is 0. The van der Waals surface area contributed by atoms with Crippen LogP contribution in [0.15, 0.2) is 0 Å². The number of ether oxygens (including phenoxy) is 2. The van der Waals surface area contributed by atoms with Crippen LogP contribution < -0.4 is 0 Å². The summed E-state index contributed by atoms with van der Waals surface area (Å²) in [5, 5.41) is -0.199. The Hall–Kier alpha value is 1.34. The second kappa shape index (κ2) is 6.01. The number of aliphatic hydroxyl groups is 1. The standard InChI is InChI=1S/C8H6Cl6F4O3/c9-4(10,7(13,15)16)6(5(11,12)8(14,17)18)20-2-3(1-19)21-6/h3,19H,1-2H2. The molecule has 0 radical (unpaired) electrons. The first-order chi connectivity index (χ1) is 9.14. The van der Waals surface area contributed by atoms with Crippen molar-refractivity contribution in [3.8, 4) is 0 Å². The minimum atomic E-state index is -4.56. The molecule has 0 amide bonds. The molecular formula is C8H6Cl6F4O3. The van der Waals surface area contributed by atoms with Gasteiger partial charge in [0.05, 0.1) is 13.2 Å². The zero-order valence-corrected chi connectivity index (χ0v) is 14.1. The Morgan fingerprint density at radius 2 is 1.33 bits per heavy atom. The van der Waals surface area contributed by atoms with Gasteiger partial charge in [0.15, 0.2) is 0 Å². The van der Waals surface area contributed by atoms with E-state index in [1.807, 2.05) is 0 Å². The van der Waals surface area contributed by atoms with E-state index in [1.165, 1.54) is 0 Å². The summed E-state index contributed by atoms with van der Waals surface area (Å²) in [6.45, 7) is -1.48. The molecule has 21 heavy (non-hydrogen) atoms. The van der Waals surface area contributed by atoms with Crippen molar-refractivity contribution in [2.75, 3.05) is 13.2 Å². The van der Waals surface area contributed by atoms with Crippen LogP contribution in [0.5, 0.6) is 0 Å². The van der Waals surface area contributed by atoms with Crippen molar-refractivity contribution in [1.82, 2.24) is 0 Å². The Morgan fingerprint density at radius 1 is 0.952 bits per heavy atom. The Bertz CT molecular complexity index is 370. The van der Waals surface area contributed by atoms with E-state index in [1.54, 1.807) is 0 Å². The van der Waals surface area contributed by atoms with Gasteiger partial charge in [-0.1, -0.05) is 46.4 Å². The van der Waals surface area contributed by atoms with Gasteiger partial charge in [0, 0.05) is 0 Å². The third-order valence-electron chi connectivity index (χ3n) is 2.55. The maximum atomic E-state index is 13.4. The fourth-order valence-electron chi connectivity index (χ4n) is 1.50. The maximum absolute atomic E-state index is 13.4. The van der Waals surface area contributed by atoms with Crippen LogP contribution in [0.4, 0.5) is 17.6 Å². The highest BCUT2D eigenvalue weighted by Gasteiger charge is 2.81. The Morgan fingerprint density at radius 3 is 1.57 bits per heavy atom. The summed E-state index contributed by atoms with van der Waals surface area (Å²) in [7, 11) is 0. The first-order valence-electron chi connectivity index (χ1n) is 4.96. The van der Waals surface area contributed by atoms with Crippen LogP contribution in [0.1, 0.15) is 0 Å². The largest absolute Gasteiger partial charge is 0.394 e. The van der Waals surface area contributed by atoms with Crippen molar-refractivity contribution in [2.45, 2.75) is 31.3 Å². The summed E-state index contributed by atoms with van der Waals surface area (Å²) in [5.74, 6) is -3.43. The fourth-order valence-corrected chi connectivity index (χ4v) is 2.91. The SMILES string of the molecule is OCC1COC(C(Cl)(Cl)C(F)(F)Cl)(C(Cl)(Cl)C(F)(F)Cl)O1. The summed E-state index contributed by atoms with van der Waals surface area (Å²) in [6.07, 6.45) is -1.36. The quantitative estimate of drug-likeness (QED) is 0.519. The van der Waals surface area contributed by atoms with E-state index in [4.69, 9.17) is 79.4 Å². The number of hydrogen-bond donors (Lipinski definition) is 1. The van der Waals surface area contributed by atoms with Gasteiger partial charge in [-0.05, 0) is 23.2 Å². The lowest BCUT2D eigenvalue weighted by Crippen LogP contribution is -2.68. The van der Waals surface area contributed by atoms with Gasteiger partial charge in [0.25, 0.3) is 14.5 Å². The van der Waals surface area contributed by atoms with Gasteiger partial charge in [-0.15, -0.1) is 0 Å². The van der Waals surface area contributed by atoms with E-state index in [9.17, 15) is 17.6 Å². The van der Waals surface area contributed by atoms with Gasteiger partial charge in [-0.25, -0.2) is 0 Å². The molecule has 3 nitrogen and oxygen atoms in total. The zero-order valence-electron chi connectivity index (χ0n) is 9.53. The molecule has 0 aromatic carbocycles. The van der Waals surface area contributed by atoms with Gasteiger partial charge in [0.2, 0.25) is 0 Å². The van der Waals surface area contributed by atoms with Crippen LogP contribution in [-0.4, -0.2) is 49.6 Å². The highest BCUT2D eigenvalue weighted by atomic mass is 35.5. The molecule has 1 saturated heterocycles. The average Bonchev–Trinajstić information content (AvgIpc) is 2.71. The van der Waals surface area contributed by atoms with Gasteiger partial charge in [0.1, 0.15) is 6.10 Å². The van der Waals surface area contributed by atoms with Crippen LogP contribution in [0.3, 0.4) is 0 Å². The molecule has 0 bridgehead atoms. The van der Waals surface area contributed by atoms with Crippen molar-refractivity contribution in [1.29, 1.82) is 0 Å². The molecule has 1 rings (SSSR count). The molecule has 1 heterocycles. The second-order valence-corrected chi connectivity index (χ2v) is 7.60. The first kappa shape index (κ1) is 20.4. The Kier molecular flexibility index (Phi) is 5.83. The molecule has 1 unspecified atom stereocenters. The molecule has 0 aliphatic carbocycles. The molecule has 13 heteroatoms. The highest BCUT2D eigenvalue weighted by molar-refractivity contribution is 6.58. The monoisotopic (exact) mass is 436 g/mol. The number of aliphatic hydroxyl groups excluding tert-OH is 1. The van der Waals surface area contributed by atoms with E-state index >= 15 is 0 Å². The van der Waals surface area contributed by atoms with Crippen LogP contribution >= 0.6 is 69.6 Å². The smallest absolute Gasteiger partial charge is 0.359 e. The molecule has 0 aromatic heterocycles. The lowest BCUT2D eigenvalue weighted by atomic mass is 10.1. The van der Waals surface area contributed by atoms with E-state index in [2.05, 4.69) is 4.74 Å². The van der Waals surface area contributed by atoms with Gasteiger partial charge in [-0.2, -0.15) is 17.6 Å². The fraction of sp³-hybridized carbons (Fsp3) is 1.00. The van der Waals surface area contributed by atoms with Crippen molar-refractivity contribution in [2.24, 2.45) is 0 Å². The second-order valence-electron chi connectivity index (χ2n) is 3.99. The van der Waals surface area contributed by atoms with Crippen LogP contribution in [0, 0.1) is 0 Å². The molecule has 126 valence electrons. The topological polar surface area (TPSA) is 38.7 Å². The van der Waals surface area contributed by atoms with Crippen molar-refractivity contribution in [3.63, 3.8) is 0 Å². The average molecular weight is 439 g/mol. The van der Waals surface area contributed by atoms with Crippen LogP contribution in [0.2, 0.25) is 0 Å². The Balaban J connectivity index is 3.48. The number of halogens is 10. The van der Waals surface area contributed by atoms with Crippen LogP contribution in [0.25, 0.3) is 0 Å². The number of rotatable bonds is 5. The van der Waals surface area contributed by atoms with Crippen molar-refractivity contribution in [3.05, 3.63) is 0 Å². The first-order valence-corrected chi connectivity index (χ1v) is 7.22. The molecular weight excluding hydrogens is 433 g/mol. The summed E-state index contributed by atoms with van der Waals surface area (Å²) in [5.41, 5.74) is 0. The van der Waals surface area contributed by atoms with Crippen molar-refractivity contribution >= 4 is 69.6 Å². The van der Waals surface area contributed by atoms with E-state index in [0.29, 0.717) is 0 Å². The lowest BCUT2D eigenvalue weighted by Gasteiger charge is -2.47. The van der Waals surface area contributed by atoms with E-state index in [0.717, 1.165) is 0 Å². The normalized spacial score (nSPS) is 24.4. The van der Waals surface area contributed by atoms with Crippen molar-refractivity contribution < 1.29 is 32.1 Å². The predicted octanol–water partition coefficient (Wildman–Crippen LogP) is 4.10. The van der Waals surface area contributed by atoms with E-state index < -0.39 is 44.5 Å². The molecule has 1 aliphatic rings. The third kappa shape index (κ3) is 3.15. The van der Waals surface area contributed by atoms with E-state index in [-0.39, 0.29) is 0 Å². The molecule has 0 spiro atoms. The maximum Gasteiger partial charge on any atom is 0.359 e. The molecule has 1 atom stereocenters. The predicted molar refractivity (Wildman–Crippen MR) is 71.1 cm³/mol. The summed E-state index contributed by atoms with van der Waals surface area (Å²) < 4.78 is 55.8. The molecule has 1 fully saturated rings. The van der Waals surface area contributed by atoms with Gasteiger partial charge < -0.3 is 14.6 Å². The molecule has 1 aliphatic heterocycles. The summed E-state index contributed by atoms with van der Waals surface area (Å²) in [4.78, 5) is 0. The Labute approximate surface area is 146 Å². The molecule has 1 N–H and O–H groups in total. The lowest BCUT2D eigenvalue weighted by molar-refractivity contribution is -0.236. The highest BCUT2D eigenvalue weighted by Crippen LogP contribution is 2.63. The minimum Gasteiger partial charge on any atom is -0.394 e. The van der Waals surface area contributed by atoms with Crippen LogP contribution in [-0.2, 0) is 9.47 Å². The van der Waals surface area contributed by atoms with Gasteiger partial charge >= 0.3 is 10.8 Å².